The number of rotatable bonds is 6. The van der Waals surface area contributed by atoms with Crippen LogP contribution in [-0.2, 0) is 22.7 Å². The summed E-state index contributed by atoms with van der Waals surface area (Å²) in [7, 11) is -1.09. The molecule has 29 heavy (non-hydrogen) atoms. The van der Waals surface area contributed by atoms with Crippen LogP contribution in [0.4, 0.5) is 0 Å². The molecule has 0 saturated heterocycles. The van der Waals surface area contributed by atoms with Gasteiger partial charge in [-0.25, -0.2) is 9.48 Å². The molecule has 4 atom stereocenters. The van der Waals surface area contributed by atoms with Gasteiger partial charge in [0.15, 0.2) is 5.69 Å². The highest BCUT2D eigenvalue weighted by molar-refractivity contribution is 6.76. The molecule has 0 aliphatic heterocycles. The number of carbonyl (C=O) groups is 2. The smallest absolute Gasteiger partial charge is 0.356 e. The lowest BCUT2D eigenvalue weighted by atomic mass is 10.1. The molecule has 1 aromatic rings. The van der Waals surface area contributed by atoms with E-state index in [0.717, 1.165) is 49.6 Å². The standard InChI is InChI=1S/C15H24N2O3Si.C7H10O/c1-15-7-10(15)12-11(8-15)17(16-13(12)14(18)19)9-20-5-6-21(2,3)4;1-7-3-2-6(8)5(7)4-7/h10H,5-9H2,1-4H3,(H,18,19);5H,2-4H2,1H3. The van der Waals surface area contributed by atoms with E-state index < -0.39 is 14.0 Å². The van der Waals surface area contributed by atoms with Gasteiger partial charge in [-0.2, -0.15) is 5.10 Å². The van der Waals surface area contributed by atoms with Crippen molar-refractivity contribution in [3.05, 3.63) is 17.0 Å². The number of hydrogen-bond donors (Lipinski definition) is 1. The Morgan fingerprint density at radius 2 is 1.93 bits per heavy atom. The van der Waals surface area contributed by atoms with Crippen molar-refractivity contribution in [2.75, 3.05) is 6.61 Å². The summed E-state index contributed by atoms with van der Waals surface area (Å²) in [5.74, 6) is 0.493. The molecule has 0 amide bonds. The van der Waals surface area contributed by atoms with Gasteiger partial charge in [-0.1, -0.05) is 33.5 Å². The van der Waals surface area contributed by atoms with E-state index in [0.29, 0.717) is 29.8 Å². The Balaban J connectivity index is 0.000000211. The van der Waals surface area contributed by atoms with E-state index in [1.807, 2.05) is 0 Å². The number of carboxylic acids is 1. The Labute approximate surface area is 174 Å². The van der Waals surface area contributed by atoms with Gasteiger partial charge in [0.2, 0.25) is 0 Å². The zero-order valence-corrected chi connectivity index (χ0v) is 19.4. The molecule has 3 saturated carbocycles. The Kier molecular flexibility index (Phi) is 4.85. The highest BCUT2D eigenvalue weighted by Crippen LogP contribution is 2.67. The minimum absolute atomic E-state index is 0.241. The third-order valence-corrected chi connectivity index (χ3v) is 9.17. The van der Waals surface area contributed by atoms with Gasteiger partial charge >= 0.3 is 5.97 Å². The zero-order chi connectivity index (χ0) is 21.2. The number of ether oxygens (including phenoxy) is 1. The SMILES string of the molecule is CC12CCC(=O)C1C2.CC12Cc3c(c(C(=O)O)nn3COCC[Si](C)(C)C)C1C2. The van der Waals surface area contributed by atoms with E-state index >= 15 is 0 Å². The Hall–Kier alpha value is -1.47. The Bertz CT molecular complexity index is 858. The number of ketones is 1. The van der Waals surface area contributed by atoms with Crippen molar-refractivity contribution in [3.8, 4) is 0 Å². The number of hydrogen-bond acceptors (Lipinski definition) is 4. The summed E-state index contributed by atoms with van der Waals surface area (Å²) in [5.41, 5.74) is 3.05. The van der Waals surface area contributed by atoms with Gasteiger partial charge in [-0.15, -0.1) is 0 Å². The van der Waals surface area contributed by atoms with Gasteiger partial charge in [-0.05, 0) is 48.5 Å². The second kappa shape index (κ2) is 6.77. The molecule has 0 radical (unpaired) electrons. The van der Waals surface area contributed by atoms with Gasteiger partial charge < -0.3 is 9.84 Å². The molecule has 6 nitrogen and oxygen atoms in total. The maximum Gasteiger partial charge on any atom is 0.356 e. The van der Waals surface area contributed by atoms with Crippen LogP contribution in [0.3, 0.4) is 0 Å². The van der Waals surface area contributed by atoms with Crippen molar-refractivity contribution in [1.82, 2.24) is 9.78 Å². The summed E-state index contributed by atoms with van der Waals surface area (Å²) in [6.07, 6.45) is 5.25. The Morgan fingerprint density at radius 3 is 2.41 bits per heavy atom. The molecule has 0 aromatic carbocycles. The van der Waals surface area contributed by atoms with Crippen molar-refractivity contribution in [3.63, 3.8) is 0 Å². The largest absolute Gasteiger partial charge is 0.476 e. The number of carboxylic acid groups (broad SMARTS) is 1. The summed E-state index contributed by atoms with van der Waals surface area (Å²) in [6.45, 7) is 12.5. The van der Waals surface area contributed by atoms with E-state index in [1.165, 1.54) is 6.42 Å². The topological polar surface area (TPSA) is 81.4 Å². The molecule has 3 fully saturated rings. The number of Topliss-reactive ketones (excluding diaryl/α,β-unsaturated/α-hetero) is 1. The van der Waals surface area contributed by atoms with Crippen LogP contribution in [0.1, 0.15) is 67.2 Å². The number of nitrogens with zero attached hydrogens (tertiary/aromatic N) is 2. The average Bonchev–Trinajstić information content (AvgIpc) is 3.33. The molecule has 4 aliphatic rings. The molecule has 1 aromatic heterocycles. The lowest BCUT2D eigenvalue weighted by Gasteiger charge is -2.16. The molecule has 5 rings (SSSR count). The van der Waals surface area contributed by atoms with Crippen LogP contribution in [-0.4, -0.2) is 41.3 Å². The van der Waals surface area contributed by atoms with Crippen LogP contribution in [0, 0.1) is 16.7 Å². The fourth-order valence-corrected chi connectivity index (χ4v) is 5.82. The highest BCUT2D eigenvalue weighted by atomic mass is 28.3. The monoisotopic (exact) mass is 418 g/mol. The molecular formula is C22H34N2O4Si. The summed E-state index contributed by atoms with van der Waals surface area (Å²) in [6, 6.07) is 1.11. The first-order valence-corrected chi connectivity index (χ1v) is 14.6. The van der Waals surface area contributed by atoms with Gasteiger partial charge in [0.1, 0.15) is 12.5 Å². The van der Waals surface area contributed by atoms with Crippen molar-refractivity contribution in [1.29, 1.82) is 0 Å². The fraction of sp³-hybridized carbons (Fsp3) is 0.773. The van der Waals surface area contributed by atoms with Gasteiger partial charge in [0, 0.05) is 38.3 Å². The average molecular weight is 419 g/mol. The third kappa shape index (κ3) is 3.95. The van der Waals surface area contributed by atoms with Crippen molar-refractivity contribution >= 4 is 19.8 Å². The first-order valence-electron chi connectivity index (χ1n) is 10.9. The second-order valence-corrected chi connectivity index (χ2v) is 16.9. The number of aromatic carboxylic acids is 1. The minimum atomic E-state index is -1.09. The molecular weight excluding hydrogens is 384 g/mol. The summed E-state index contributed by atoms with van der Waals surface area (Å²) in [4.78, 5) is 22.2. The number of carbonyl (C=O) groups excluding carboxylic acids is 1. The van der Waals surface area contributed by atoms with E-state index in [1.54, 1.807) is 4.68 Å². The first-order chi connectivity index (χ1) is 13.4. The highest BCUT2D eigenvalue weighted by Gasteiger charge is 2.59. The first kappa shape index (κ1) is 20.8. The van der Waals surface area contributed by atoms with Gasteiger partial charge in [0.05, 0.1) is 0 Å². The van der Waals surface area contributed by atoms with Crippen LogP contribution in [0.2, 0.25) is 25.7 Å². The van der Waals surface area contributed by atoms with E-state index in [4.69, 9.17) is 4.74 Å². The lowest BCUT2D eigenvalue weighted by Crippen LogP contribution is -2.22. The molecule has 4 unspecified atom stereocenters. The maximum absolute atomic E-state index is 11.4. The predicted octanol–water partition coefficient (Wildman–Crippen LogP) is 4.32. The van der Waals surface area contributed by atoms with Crippen molar-refractivity contribution in [2.45, 2.75) is 84.3 Å². The van der Waals surface area contributed by atoms with Crippen LogP contribution < -0.4 is 0 Å². The third-order valence-electron chi connectivity index (χ3n) is 7.46. The Morgan fingerprint density at radius 1 is 1.24 bits per heavy atom. The van der Waals surface area contributed by atoms with Crippen LogP contribution in [0.5, 0.6) is 0 Å². The summed E-state index contributed by atoms with van der Waals surface area (Å²) < 4.78 is 7.52. The molecule has 160 valence electrons. The lowest BCUT2D eigenvalue weighted by molar-refractivity contribution is -0.119. The molecule has 1 N–H and O–H groups in total. The minimum Gasteiger partial charge on any atom is -0.476 e. The second-order valence-electron chi connectivity index (χ2n) is 11.3. The molecule has 1 heterocycles. The van der Waals surface area contributed by atoms with Gasteiger partial charge in [0.25, 0.3) is 0 Å². The zero-order valence-electron chi connectivity index (χ0n) is 18.4. The quantitative estimate of drug-likeness (QED) is 0.550. The summed E-state index contributed by atoms with van der Waals surface area (Å²) in [5, 5.41) is 13.6. The van der Waals surface area contributed by atoms with E-state index in [9.17, 15) is 14.7 Å². The summed E-state index contributed by atoms with van der Waals surface area (Å²) >= 11 is 0. The fourth-order valence-electron chi connectivity index (χ4n) is 5.06. The van der Waals surface area contributed by atoms with Crippen LogP contribution in [0.15, 0.2) is 0 Å². The molecule has 0 bridgehead atoms. The van der Waals surface area contributed by atoms with Gasteiger partial charge in [-0.3, -0.25) is 4.79 Å². The van der Waals surface area contributed by atoms with Crippen molar-refractivity contribution in [2.24, 2.45) is 16.7 Å². The number of aromatic nitrogens is 2. The predicted molar refractivity (Wildman–Crippen MR) is 113 cm³/mol. The van der Waals surface area contributed by atoms with E-state index in [-0.39, 0.29) is 11.1 Å². The van der Waals surface area contributed by atoms with Crippen LogP contribution in [0.25, 0.3) is 0 Å². The maximum atomic E-state index is 11.4. The normalized spacial score (nSPS) is 33.5. The molecule has 7 heteroatoms. The van der Waals surface area contributed by atoms with Crippen molar-refractivity contribution < 1.29 is 19.4 Å². The molecule has 0 spiro atoms. The van der Waals surface area contributed by atoms with Crippen LogP contribution >= 0.6 is 0 Å². The number of fused-ring (bicyclic) bond motifs is 4. The molecule has 4 aliphatic carbocycles. The van der Waals surface area contributed by atoms with E-state index in [2.05, 4.69) is 38.6 Å².